The Morgan fingerprint density at radius 3 is 2.43 bits per heavy atom. The third-order valence-corrected chi connectivity index (χ3v) is 5.50. The molecular formula is C20H16Cl2FNO4. The van der Waals surface area contributed by atoms with Gasteiger partial charge in [0.2, 0.25) is 0 Å². The van der Waals surface area contributed by atoms with Crippen molar-refractivity contribution in [2.45, 2.75) is 26.2 Å². The van der Waals surface area contributed by atoms with Crippen molar-refractivity contribution in [3.05, 3.63) is 63.0 Å². The fraction of sp³-hybridized carbons (Fsp3) is 0.200. The highest BCUT2D eigenvalue weighted by atomic mass is 35.5. The van der Waals surface area contributed by atoms with Gasteiger partial charge in [-0.05, 0) is 49.2 Å². The number of benzene rings is 2. The predicted molar refractivity (Wildman–Crippen MR) is 105 cm³/mol. The number of hydrogen-bond acceptors (Lipinski definition) is 3. The van der Waals surface area contributed by atoms with Crippen molar-refractivity contribution >= 4 is 46.0 Å². The maximum Gasteiger partial charge on any atom is 0.311 e. The Hall–Kier alpha value is -2.57. The fourth-order valence-electron chi connectivity index (χ4n) is 3.43. The summed E-state index contributed by atoms with van der Waals surface area (Å²) >= 11 is 11.9. The van der Waals surface area contributed by atoms with Crippen molar-refractivity contribution in [2.75, 3.05) is 0 Å². The Balaban J connectivity index is 2.36. The lowest BCUT2D eigenvalue weighted by Crippen LogP contribution is -2.16. The van der Waals surface area contributed by atoms with E-state index < -0.39 is 29.4 Å². The first-order valence-electron chi connectivity index (χ1n) is 8.43. The molecule has 1 aromatic heterocycles. The lowest BCUT2D eigenvalue weighted by atomic mass is 9.93. The van der Waals surface area contributed by atoms with Crippen LogP contribution < -0.4 is 0 Å². The van der Waals surface area contributed by atoms with Crippen LogP contribution in [0.3, 0.4) is 0 Å². The molecule has 0 spiro atoms. The summed E-state index contributed by atoms with van der Waals surface area (Å²) < 4.78 is 16.0. The van der Waals surface area contributed by atoms with Crippen LogP contribution in [0.15, 0.2) is 30.3 Å². The summed E-state index contributed by atoms with van der Waals surface area (Å²) in [6, 6.07) is 6.85. The molecule has 0 radical (unpaired) electrons. The van der Waals surface area contributed by atoms with Crippen molar-refractivity contribution in [1.82, 2.24) is 4.57 Å². The first-order chi connectivity index (χ1) is 13.2. The molecule has 8 heteroatoms. The highest BCUT2D eigenvalue weighted by Gasteiger charge is 2.30. The standard InChI is InChI=1S/C20H16Cl2FNO4/c1-3-11(20(27)28)16-9(2)24(14-6-7-15(25)18(23)17(14)16)19(26)10-4-5-12(21)13(22)8-10/h4-8,11,25H,3H2,1-2H3,(H,27,28). The fourth-order valence-corrected chi connectivity index (χ4v) is 3.73. The van der Waals surface area contributed by atoms with Crippen LogP contribution in [0, 0.1) is 12.7 Å². The summed E-state index contributed by atoms with van der Waals surface area (Å²) in [6.45, 7) is 3.20. The van der Waals surface area contributed by atoms with E-state index in [1.54, 1.807) is 13.8 Å². The minimum atomic E-state index is -1.14. The highest BCUT2D eigenvalue weighted by molar-refractivity contribution is 6.42. The van der Waals surface area contributed by atoms with E-state index in [0.29, 0.717) is 0 Å². The van der Waals surface area contributed by atoms with Crippen molar-refractivity contribution in [1.29, 1.82) is 0 Å². The van der Waals surface area contributed by atoms with E-state index in [1.807, 2.05) is 0 Å². The van der Waals surface area contributed by atoms with Crippen LogP contribution in [0.25, 0.3) is 10.9 Å². The van der Waals surface area contributed by atoms with Gasteiger partial charge in [0, 0.05) is 16.6 Å². The lowest BCUT2D eigenvalue weighted by Gasteiger charge is -2.12. The van der Waals surface area contributed by atoms with Crippen LogP contribution >= 0.6 is 23.2 Å². The first kappa shape index (κ1) is 20.2. The number of phenolic OH excluding ortho intramolecular Hbond substituents is 1. The largest absolute Gasteiger partial charge is 0.505 e. The van der Waals surface area contributed by atoms with E-state index in [2.05, 4.69) is 0 Å². The third kappa shape index (κ3) is 3.12. The molecule has 1 atom stereocenters. The van der Waals surface area contributed by atoms with Crippen molar-refractivity contribution in [3.63, 3.8) is 0 Å². The average molecular weight is 424 g/mol. The highest BCUT2D eigenvalue weighted by Crippen LogP contribution is 2.38. The molecule has 2 N–H and O–H groups in total. The number of aromatic nitrogens is 1. The van der Waals surface area contributed by atoms with Gasteiger partial charge in [-0.3, -0.25) is 14.2 Å². The van der Waals surface area contributed by atoms with Crippen LogP contribution in [0.4, 0.5) is 4.39 Å². The molecule has 0 aliphatic carbocycles. The number of halogens is 3. The summed E-state index contributed by atoms with van der Waals surface area (Å²) in [5.41, 5.74) is 0.813. The Morgan fingerprint density at radius 2 is 1.86 bits per heavy atom. The molecule has 28 heavy (non-hydrogen) atoms. The molecule has 0 bridgehead atoms. The normalized spacial score (nSPS) is 12.3. The molecule has 5 nitrogen and oxygen atoms in total. The molecule has 3 rings (SSSR count). The predicted octanol–water partition coefficient (Wildman–Crippen LogP) is 5.37. The van der Waals surface area contributed by atoms with E-state index in [0.717, 1.165) is 6.07 Å². The molecule has 2 aromatic carbocycles. The van der Waals surface area contributed by atoms with Crippen molar-refractivity contribution in [3.8, 4) is 5.75 Å². The molecule has 3 aromatic rings. The first-order valence-corrected chi connectivity index (χ1v) is 9.19. The molecule has 1 heterocycles. The van der Waals surface area contributed by atoms with Gasteiger partial charge in [0.05, 0.1) is 21.5 Å². The van der Waals surface area contributed by atoms with E-state index >= 15 is 0 Å². The maximum atomic E-state index is 14.8. The zero-order valence-corrected chi connectivity index (χ0v) is 16.5. The van der Waals surface area contributed by atoms with Crippen LogP contribution in [-0.2, 0) is 4.79 Å². The molecule has 0 aliphatic rings. The number of aromatic hydroxyl groups is 1. The summed E-state index contributed by atoms with van der Waals surface area (Å²) in [6.07, 6.45) is 0.186. The van der Waals surface area contributed by atoms with Crippen LogP contribution in [0.2, 0.25) is 10.0 Å². The van der Waals surface area contributed by atoms with Crippen molar-refractivity contribution < 1.29 is 24.2 Å². The van der Waals surface area contributed by atoms with Gasteiger partial charge in [-0.1, -0.05) is 30.1 Å². The zero-order valence-electron chi connectivity index (χ0n) is 15.0. The number of carboxylic acid groups (broad SMARTS) is 1. The number of hydrogen-bond donors (Lipinski definition) is 2. The molecule has 0 aliphatic heterocycles. The second kappa shape index (κ2) is 7.45. The maximum absolute atomic E-state index is 14.8. The van der Waals surface area contributed by atoms with Crippen LogP contribution in [0.5, 0.6) is 5.75 Å². The Bertz CT molecular complexity index is 1120. The molecule has 1 unspecified atom stereocenters. The van der Waals surface area contributed by atoms with E-state index in [9.17, 15) is 24.2 Å². The molecule has 0 saturated carbocycles. The Morgan fingerprint density at radius 1 is 1.18 bits per heavy atom. The monoisotopic (exact) mass is 423 g/mol. The SMILES string of the molecule is CCC(C(=O)O)c1c(C)n(C(=O)c2ccc(Cl)c(Cl)c2)c2ccc(O)c(F)c12. The van der Waals surface area contributed by atoms with Gasteiger partial charge in [0.1, 0.15) is 0 Å². The summed E-state index contributed by atoms with van der Waals surface area (Å²) in [7, 11) is 0. The second-order valence-corrected chi connectivity index (χ2v) is 7.17. The van der Waals surface area contributed by atoms with Crippen LogP contribution in [0.1, 0.15) is 40.9 Å². The average Bonchev–Trinajstić information content (AvgIpc) is 2.93. The van der Waals surface area contributed by atoms with Crippen LogP contribution in [-0.4, -0.2) is 26.7 Å². The number of aliphatic carboxylic acids is 1. The summed E-state index contributed by atoms with van der Waals surface area (Å²) in [4.78, 5) is 24.9. The molecule has 146 valence electrons. The Labute approximate surface area is 169 Å². The Kier molecular flexibility index (Phi) is 5.37. The van der Waals surface area contributed by atoms with Gasteiger partial charge >= 0.3 is 5.97 Å². The van der Waals surface area contributed by atoms with Gasteiger partial charge in [-0.15, -0.1) is 0 Å². The molecular weight excluding hydrogens is 408 g/mol. The number of carbonyl (C=O) groups is 2. The van der Waals surface area contributed by atoms with Gasteiger partial charge in [0.25, 0.3) is 5.91 Å². The molecule has 0 amide bonds. The number of fused-ring (bicyclic) bond motifs is 1. The topological polar surface area (TPSA) is 79.5 Å². The van der Waals surface area contributed by atoms with E-state index in [1.165, 1.54) is 28.8 Å². The van der Waals surface area contributed by atoms with E-state index in [4.69, 9.17) is 23.2 Å². The number of carboxylic acids is 1. The number of phenols is 1. The molecule has 0 saturated heterocycles. The minimum absolute atomic E-state index is 0.0832. The lowest BCUT2D eigenvalue weighted by molar-refractivity contribution is -0.138. The third-order valence-electron chi connectivity index (χ3n) is 4.76. The number of nitrogens with zero attached hydrogens (tertiary/aromatic N) is 1. The number of carbonyl (C=O) groups excluding carboxylic acids is 1. The van der Waals surface area contributed by atoms with Gasteiger partial charge in [0.15, 0.2) is 11.6 Å². The van der Waals surface area contributed by atoms with Gasteiger partial charge in [-0.25, -0.2) is 4.39 Å². The quantitative estimate of drug-likeness (QED) is 0.591. The smallest absolute Gasteiger partial charge is 0.311 e. The number of rotatable bonds is 4. The minimum Gasteiger partial charge on any atom is -0.505 e. The van der Waals surface area contributed by atoms with Gasteiger partial charge < -0.3 is 10.2 Å². The van der Waals surface area contributed by atoms with Crippen molar-refractivity contribution in [2.24, 2.45) is 0 Å². The molecule has 0 fully saturated rings. The zero-order chi connectivity index (χ0) is 20.7. The summed E-state index contributed by atoms with van der Waals surface area (Å²) in [5, 5.41) is 19.8. The van der Waals surface area contributed by atoms with E-state index in [-0.39, 0.29) is 44.2 Å². The summed E-state index contributed by atoms with van der Waals surface area (Å²) in [5.74, 6) is -4.28. The second-order valence-electron chi connectivity index (χ2n) is 6.36. The van der Waals surface area contributed by atoms with Gasteiger partial charge in [-0.2, -0.15) is 0 Å².